The second-order valence-corrected chi connectivity index (χ2v) is 12.6. The number of nitriles is 1. The number of pyridine rings is 1. The van der Waals surface area contributed by atoms with E-state index < -0.39 is 29.9 Å². The zero-order valence-corrected chi connectivity index (χ0v) is 24.9. The molecule has 3 aliphatic rings. The van der Waals surface area contributed by atoms with E-state index in [1.807, 2.05) is 23.1 Å². The van der Waals surface area contributed by atoms with Gasteiger partial charge >= 0.3 is 6.18 Å². The first-order chi connectivity index (χ1) is 22.0. The van der Waals surface area contributed by atoms with E-state index in [0.717, 1.165) is 41.2 Å². The molecule has 2 saturated heterocycles. The van der Waals surface area contributed by atoms with Crippen LogP contribution in [-0.4, -0.2) is 83.8 Å². The zero-order chi connectivity index (χ0) is 32.1. The van der Waals surface area contributed by atoms with Gasteiger partial charge in [0.25, 0.3) is 5.92 Å². The lowest BCUT2D eigenvalue weighted by Gasteiger charge is -2.52. The van der Waals surface area contributed by atoms with Crippen molar-refractivity contribution in [2.75, 3.05) is 26.2 Å². The van der Waals surface area contributed by atoms with Crippen LogP contribution in [0.2, 0.25) is 0 Å². The standard InChI is InChI=1S/C31H32F5N9O/c32-30(33)5-10-43(18-30)16-20-11-25(31(34,35)36)42-26(12-20)46-23-2-8-44(9-3-23)22-13-29(14-22,4-6-37)45-17-21(15-41-45)27-24-1-7-38-28(24)40-19-39-27/h1,7,11-12,15,17,19,22-23H,2-5,8-10,13-14,16,18H2,(H,38,39,40). The second kappa shape index (κ2) is 11.6. The van der Waals surface area contributed by atoms with Gasteiger partial charge in [-0.1, -0.05) is 0 Å². The van der Waals surface area contributed by atoms with Gasteiger partial charge in [0.05, 0.1) is 36.5 Å². The third-order valence-corrected chi connectivity index (χ3v) is 9.42. The summed E-state index contributed by atoms with van der Waals surface area (Å²) >= 11 is 0. The lowest BCUT2D eigenvalue weighted by molar-refractivity contribution is -0.141. The van der Waals surface area contributed by atoms with Crippen molar-refractivity contribution in [2.24, 2.45) is 0 Å². The van der Waals surface area contributed by atoms with Crippen molar-refractivity contribution in [2.45, 2.75) is 74.9 Å². The first-order valence-electron chi connectivity index (χ1n) is 15.3. The Kier molecular flexibility index (Phi) is 7.67. The van der Waals surface area contributed by atoms with Crippen molar-refractivity contribution >= 4 is 11.0 Å². The maximum Gasteiger partial charge on any atom is 0.433 e. The summed E-state index contributed by atoms with van der Waals surface area (Å²) in [5.74, 6) is -2.97. The molecule has 0 unspecified atom stereocenters. The summed E-state index contributed by atoms with van der Waals surface area (Å²) in [6.07, 6.45) is 4.67. The smallest absolute Gasteiger partial charge is 0.433 e. The molecule has 46 heavy (non-hydrogen) atoms. The van der Waals surface area contributed by atoms with Gasteiger partial charge < -0.3 is 9.72 Å². The molecule has 2 aliphatic heterocycles. The molecule has 0 spiro atoms. The van der Waals surface area contributed by atoms with E-state index in [0.29, 0.717) is 32.4 Å². The first-order valence-corrected chi connectivity index (χ1v) is 15.3. The van der Waals surface area contributed by atoms with Gasteiger partial charge in [-0.3, -0.25) is 14.5 Å². The Morgan fingerprint density at radius 3 is 2.63 bits per heavy atom. The molecule has 1 saturated carbocycles. The molecule has 3 fully saturated rings. The van der Waals surface area contributed by atoms with Crippen LogP contribution in [0.3, 0.4) is 0 Å². The van der Waals surface area contributed by atoms with E-state index in [4.69, 9.17) is 4.74 Å². The third-order valence-electron chi connectivity index (χ3n) is 9.42. The second-order valence-electron chi connectivity index (χ2n) is 12.6. The van der Waals surface area contributed by atoms with Crippen LogP contribution in [0.4, 0.5) is 22.0 Å². The number of aromatic nitrogens is 6. The maximum atomic E-state index is 13.7. The predicted molar refractivity (Wildman–Crippen MR) is 156 cm³/mol. The van der Waals surface area contributed by atoms with Gasteiger partial charge in [0.2, 0.25) is 5.88 Å². The number of ether oxygens (including phenoxy) is 1. The highest BCUT2D eigenvalue weighted by Crippen LogP contribution is 2.46. The van der Waals surface area contributed by atoms with Crippen LogP contribution >= 0.6 is 0 Å². The lowest BCUT2D eigenvalue weighted by Crippen LogP contribution is -2.58. The molecule has 7 rings (SSSR count). The van der Waals surface area contributed by atoms with Gasteiger partial charge in [0.1, 0.15) is 23.8 Å². The molecule has 6 heterocycles. The van der Waals surface area contributed by atoms with Crippen molar-refractivity contribution in [1.82, 2.24) is 39.5 Å². The van der Waals surface area contributed by atoms with Crippen molar-refractivity contribution in [3.8, 4) is 23.2 Å². The molecule has 0 bridgehead atoms. The van der Waals surface area contributed by atoms with E-state index in [1.54, 1.807) is 6.20 Å². The fourth-order valence-electron chi connectivity index (χ4n) is 7.03. The maximum absolute atomic E-state index is 13.7. The number of hydrogen-bond acceptors (Lipinski definition) is 8. The number of hydrogen-bond donors (Lipinski definition) is 1. The van der Waals surface area contributed by atoms with Crippen LogP contribution < -0.4 is 4.74 Å². The number of nitrogens with one attached hydrogen (secondary N) is 1. The van der Waals surface area contributed by atoms with Crippen LogP contribution in [0.5, 0.6) is 5.88 Å². The molecule has 1 aliphatic carbocycles. The molecule has 4 aromatic heterocycles. The van der Waals surface area contributed by atoms with Crippen molar-refractivity contribution in [1.29, 1.82) is 5.26 Å². The Morgan fingerprint density at radius 2 is 1.91 bits per heavy atom. The number of rotatable bonds is 8. The summed E-state index contributed by atoms with van der Waals surface area (Å²) < 4.78 is 76.1. The molecule has 15 heteroatoms. The summed E-state index contributed by atoms with van der Waals surface area (Å²) in [5, 5.41) is 15.2. The van der Waals surface area contributed by atoms with E-state index in [1.165, 1.54) is 17.3 Å². The number of aromatic amines is 1. The molecule has 0 amide bonds. The summed E-state index contributed by atoms with van der Waals surface area (Å²) in [6, 6.07) is 6.82. The molecule has 1 N–H and O–H groups in total. The average Bonchev–Trinajstić information content (AvgIpc) is 3.75. The zero-order valence-electron chi connectivity index (χ0n) is 24.9. The minimum absolute atomic E-state index is 0.0324. The van der Waals surface area contributed by atoms with Crippen LogP contribution in [0.15, 0.2) is 43.1 Å². The molecular weight excluding hydrogens is 609 g/mol. The van der Waals surface area contributed by atoms with Gasteiger partial charge in [-0.15, -0.1) is 0 Å². The van der Waals surface area contributed by atoms with Crippen molar-refractivity contribution in [3.05, 3.63) is 54.4 Å². The molecule has 4 aromatic rings. The highest BCUT2D eigenvalue weighted by atomic mass is 19.4. The summed E-state index contributed by atoms with van der Waals surface area (Å²) in [4.78, 5) is 19.3. The summed E-state index contributed by atoms with van der Waals surface area (Å²) in [7, 11) is 0. The Labute approximate surface area is 261 Å². The topological polar surface area (TPSA) is 112 Å². The number of alkyl halides is 5. The average molecular weight is 642 g/mol. The molecular formula is C31H32F5N9O. The van der Waals surface area contributed by atoms with Gasteiger partial charge in [0.15, 0.2) is 0 Å². The van der Waals surface area contributed by atoms with Crippen LogP contribution in [0.25, 0.3) is 22.3 Å². The van der Waals surface area contributed by atoms with Gasteiger partial charge in [-0.2, -0.15) is 23.5 Å². The lowest BCUT2D eigenvalue weighted by atomic mass is 9.69. The van der Waals surface area contributed by atoms with Crippen LogP contribution in [0, 0.1) is 11.3 Å². The number of H-pyrrole nitrogens is 1. The highest BCUT2D eigenvalue weighted by Gasteiger charge is 2.49. The number of halogens is 5. The Bertz CT molecular complexity index is 1750. The largest absolute Gasteiger partial charge is 0.474 e. The molecule has 0 radical (unpaired) electrons. The number of nitrogens with zero attached hydrogens (tertiary/aromatic N) is 8. The normalized spacial score (nSPS) is 24.2. The SMILES string of the molecule is N#CCC1(n2cc(-c3ncnc4[nH]ccc34)cn2)CC(N2CCC(Oc3cc(CN4CCC(F)(F)C4)cc(C(F)(F)F)n3)CC2)C1. The number of piperidine rings is 1. The van der Waals surface area contributed by atoms with Crippen molar-refractivity contribution < 1.29 is 26.7 Å². The van der Waals surface area contributed by atoms with Gasteiger partial charge in [-0.25, -0.2) is 23.7 Å². The summed E-state index contributed by atoms with van der Waals surface area (Å²) in [5.41, 5.74) is 1.06. The Hall–Kier alpha value is -4.16. The van der Waals surface area contributed by atoms with E-state index in [2.05, 4.69) is 36.0 Å². The minimum Gasteiger partial charge on any atom is -0.474 e. The van der Waals surface area contributed by atoms with E-state index >= 15 is 0 Å². The molecule has 0 aromatic carbocycles. The molecule has 10 nitrogen and oxygen atoms in total. The number of likely N-dealkylation sites (tertiary alicyclic amines) is 2. The Morgan fingerprint density at radius 1 is 1.11 bits per heavy atom. The minimum atomic E-state index is -4.69. The first kappa shape index (κ1) is 30.5. The van der Waals surface area contributed by atoms with E-state index in [-0.39, 0.29) is 43.1 Å². The van der Waals surface area contributed by atoms with E-state index in [9.17, 15) is 27.2 Å². The fourth-order valence-corrected chi connectivity index (χ4v) is 7.03. The fraction of sp³-hybridized carbons (Fsp3) is 0.516. The third kappa shape index (κ3) is 6.03. The van der Waals surface area contributed by atoms with Crippen LogP contribution in [-0.2, 0) is 18.3 Å². The summed E-state index contributed by atoms with van der Waals surface area (Å²) in [6.45, 7) is 0.966. The quantitative estimate of drug-likeness (QED) is 0.255. The Balaban J connectivity index is 0.981. The van der Waals surface area contributed by atoms with Crippen LogP contribution in [0.1, 0.15) is 49.8 Å². The van der Waals surface area contributed by atoms with Gasteiger partial charge in [-0.05, 0) is 43.4 Å². The highest BCUT2D eigenvalue weighted by molar-refractivity contribution is 5.90. The van der Waals surface area contributed by atoms with Crippen molar-refractivity contribution in [3.63, 3.8) is 0 Å². The van der Waals surface area contributed by atoms with Gasteiger partial charge in [0, 0.05) is 68.1 Å². The monoisotopic (exact) mass is 641 g/mol. The molecule has 0 atom stereocenters. The predicted octanol–water partition coefficient (Wildman–Crippen LogP) is 5.39. The number of fused-ring (bicyclic) bond motifs is 1. The molecule has 242 valence electrons.